The Kier molecular flexibility index (Phi) is 3.04. The molecule has 1 aromatic carbocycles. The average molecular weight is 191 g/mol. The molecule has 0 unspecified atom stereocenters. The first-order valence-electron chi connectivity index (χ1n) is 5.36. The minimum atomic E-state index is 0.823. The minimum absolute atomic E-state index is 0.823. The Morgan fingerprint density at radius 2 is 2.36 bits per heavy atom. The molecule has 0 bridgehead atoms. The van der Waals surface area contributed by atoms with Gasteiger partial charge in [-0.15, -0.1) is 0 Å². The molecule has 0 saturated heterocycles. The summed E-state index contributed by atoms with van der Waals surface area (Å²) in [5.74, 6) is 1.09. The van der Waals surface area contributed by atoms with Crippen molar-refractivity contribution < 1.29 is 4.74 Å². The molecule has 1 heterocycles. The van der Waals surface area contributed by atoms with Crippen molar-refractivity contribution in [2.45, 2.75) is 26.3 Å². The second-order valence-corrected chi connectivity index (χ2v) is 3.67. The van der Waals surface area contributed by atoms with Gasteiger partial charge in [0.25, 0.3) is 0 Å². The molecule has 0 radical (unpaired) electrons. The topological polar surface area (TPSA) is 21.3 Å². The zero-order valence-electron chi connectivity index (χ0n) is 8.68. The van der Waals surface area contributed by atoms with Crippen molar-refractivity contribution >= 4 is 0 Å². The fourth-order valence-electron chi connectivity index (χ4n) is 1.84. The van der Waals surface area contributed by atoms with Crippen LogP contribution in [0.5, 0.6) is 5.75 Å². The van der Waals surface area contributed by atoms with Gasteiger partial charge < -0.3 is 10.1 Å². The molecule has 0 fully saturated rings. The second kappa shape index (κ2) is 4.47. The van der Waals surface area contributed by atoms with Gasteiger partial charge in [0.2, 0.25) is 0 Å². The molecule has 0 aliphatic carbocycles. The van der Waals surface area contributed by atoms with E-state index in [1.807, 2.05) is 0 Å². The molecule has 0 atom stereocenters. The maximum Gasteiger partial charge on any atom is 0.122 e. The minimum Gasteiger partial charge on any atom is -0.493 e. The van der Waals surface area contributed by atoms with E-state index >= 15 is 0 Å². The van der Waals surface area contributed by atoms with Gasteiger partial charge in [-0.25, -0.2) is 0 Å². The van der Waals surface area contributed by atoms with Gasteiger partial charge in [0.1, 0.15) is 5.75 Å². The first-order chi connectivity index (χ1) is 6.92. The second-order valence-electron chi connectivity index (χ2n) is 3.67. The summed E-state index contributed by atoms with van der Waals surface area (Å²) in [6, 6.07) is 6.34. The van der Waals surface area contributed by atoms with Crippen LogP contribution in [0.2, 0.25) is 0 Å². The first kappa shape index (κ1) is 9.53. The summed E-state index contributed by atoms with van der Waals surface area (Å²) in [6.45, 7) is 5.01. The van der Waals surface area contributed by atoms with Crippen LogP contribution in [0, 0.1) is 0 Å². The van der Waals surface area contributed by atoms with E-state index in [2.05, 4.69) is 30.4 Å². The van der Waals surface area contributed by atoms with Crippen molar-refractivity contribution in [1.82, 2.24) is 5.32 Å². The van der Waals surface area contributed by atoms with Crippen LogP contribution in [0.4, 0.5) is 0 Å². The summed E-state index contributed by atoms with van der Waals surface area (Å²) >= 11 is 0. The molecule has 0 amide bonds. The fourth-order valence-corrected chi connectivity index (χ4v) is 1.84. The van der Waals surface area contributed by atoms with Gasteiger partial charge >= 0.3 is 0 Å². The third-order valence-electron chi connectivity index (χ3n) is 2.56. The van der Waals surface area contributed by atoms with Crippen molar-refractivity contribution in [3.05, 3.63) is 29.3 Å². The van der Waals surface area contributed by atoms with Crippen LogP contribution in [-0.2, 0) is 13.0 Å². The fraction of sp³-hybridized carbons (Fsp3) is 0.500. The van der Waals surface area contributed by atoms with Crippen LogP contribution in [-0.4, -0.2) is 13.2 Å². The maximum atomic E-state index is 5.73. The van der Waals surface area contributed by atoms with E-state index in [4.69, 9.17) is 4.74 Å². The maximum absolute atomic E-state index is 5.73. The number of hydrogen-bond donors (Lipinski definition) is 1. The largest absolute Gasteiger partial charge is 0.493 e. The molecule has 76 valence electrons. The van der Waals surface area contributed by atoms with Crippen molar-refractivity contribution in [3.63, 3.8) is 0 Å². The Labute approximate surface area is 85.3 Å². The lowest BCUT2D eigenvalue weighted by Gasteiger charge is -2.20. The zero-order chi connectivity index (χ0) is 9.80. The van der Waals surface area contributed by atoms with Gasteiger partial charge in [0.15, 0.2) is 0 Å². The number of nitrogens with one attached hydrogen (secondary N) is 1. The van der Waals surface area contributed by atoms with Gasteiger partial charge in [-0.2, -0.15) is 0 Å². The first-order valence-corrected chi connectivity index (χ1v) is 5.36. The van der Waals surface area contributed by atoms with Gasteiger partial charge in [0.05, 0.1) is 6.61 Å². The molecule has 2 rings (SSSR count). The van der Waals surface area contributed by atoms with Crippen LogP contribution < -0.4 is 10.1 Å². The van der Waals surface area contributed by atoms with Crippen LogP contribution >= 0.6 is 0 Å². The van der Waals surface area contributed by atoms with Crippen LogP contribution in [0.25, 0.3) is 0 Å². The number of fused-ring (bicyclic) bond motifs is 1. The van der Waals surface area contributed by atoms with E-state index in [1.54, 1.807) is 0 Å². The summed E-state index contributed by atoms with van der Waals surface area (Å²) in [5.41, 5.74) is 2.80. The number of rotatable bonds is 3. The summed E-state index contributed by atoms with van der Waals surface area (Å²) < 4.78 is 5.73. The number of hydrogen-bond acceptors (Lipinski definition) is 2. The Morgan fingerprint density at radius 3 is 3.21 bits per heavy atom. The molecule has 14 heavy (non-hydrogen) atoms. The predicted molar refractivity (Wildman–Crippen MR) is 57.6 cm³/mol. The molecule has 1 aromatic rings. The number of ether oxygens (including phenoxy) is 1. The zero-order valence-corrected chi connectivity index (χ0v) is 8.68. The quantitative estimate of drug-likeness (QED) is 0.790. The summed E-state index contributed by atoms with van der Waals surface area (Å²) in [4.78, 5) is 0. The molecule has 0 spiro atoms. The van der Waals surface area contributed by atoms with Crippen molar-refractivity contribution in [2.75, 3.05) is 13.2 Å². The number of benzene rings is 1. The lowest BCUT2D eigenvalue weighted by Crippen LogP contribution is -2.24. The highest BCUT2D eigenvalue weighted by Gasteiger charge is 2.12. The highest BCUT2D eigenvalue weighted by Crippen LogP contribution is 2.25. The Bertz CT molecular complexity index is 309. The Balaban J connectivity index is 2.21. The summed E-state index contributed by atoms with van der Waals surface area (Å²) in [7, 11) is 0. The molecule has 2 nitrogen and oxygen atoms in total. The normalized spacial score (nSPS) is 14.9. The molecule has 0 aromatic heterocycles. The van der Waals surface area contributed by atoms with Crippen LogP contribution in [0.1, 0.15) is 24.5 Å². The predicted octanol–water partition coefficient (Wildman–Crippen LogP) is 2.12. The highest BCUT2D eigenvalue weighted by molar-refractivity contribution is 5.41. The van der Waals surface area contributed by atoms with E-state index < -0.39 is 0 Å². The third-order valence-corrected chi connectivity index (χ3v) is 2.56. The van der Waals surface area contributed by atoms with E-state index in [0.717, 1.165) is 38.3 Å². The van der Waals surface area contributed by atoms with Crippen molar-refractivity contribution in [3.8, 4) is 5.75 Å². The third kappa shape index (κ3) is 1.90. The van der Waals surface area contributed by atoms with Gasteiger partial charge in [-0.1, -0.05) is 19.1 Å². The Hall–Kier alpha value is -1.02. The van der Waals surface area contributed by atoms with Crippen LogP contribution in [0.3, 0.4) is 0 Å². The van der Waals surface area contributed by atoms with Gasteiger partial charge in [0, 0.05) is 6.54 Å². The standard InChI is InChI=1S/C12H17NO/c1-2-8-14-12-5-3-4-10-9-13-7-6-11(10)12/h3-5,13H,2,6-9H2,1H3. The summed E-state index contributed by atoms with van der Waals surface area (Å²) in [6.07, 6.45) is 2.16. The van der Waals surface area contributed by atoms with E-state index in [9.17, 15) is 0 Å². The van der Waals surface area contributed by atoms with E-state index in [1.165, 1.54) is 11.1 Å². The summed E-state index contributed by atoms with van der Waals surface area (Å²) in [5, 5.41) is 3.37. The van der Waals surface area contributed by atoms with E-state index in [-0.39, 0.29) is 0 Å². The molecule has 0 saturated carbocycles. The molecular formula is C12H17NO. The smallest absolute Gasteiger partial charge is 0.122 e. The lowest BCUT2D eigenvalue weighted by molar-refractivity contribution is 0.312. The monoisotopic (exact) mass is 191 g/mol. The van der Waals surface area contributed by atoms with Gasteiger partial charge in [-0.05, 0) is 36.6 Å². The van der Waals surface area contributed by atoms with Crippen molar-refractivity contribution in [2.24, 2.45) is 0 Å². The van der Waals surface area contributed by atoms with Crippen molar-refractivity contribution in [1.29, 1.82) is 0 Å². The Morgan fingerprint density at radius 1 is 1.43 bits per heavy atom. The van der Waals surface area contributed by atoms with Crippen LogP contribution in [0.15, 0.2) is 18.2 Å². The average Bonchev–Trinajstić information content (AvgIpc) is 2.26. The molecule has 1 aliphatic rings. The molecular weight excluding hydrogens is 174 g/mol. The lowest BCUT2D eigenvalue weighted by atomic mass is 10.0. The molecule has 1 aliphatic heterocycles. The molecule has 1 N–H and O–H groups in total. The molecule has 2 heteroatoms. The van der Waals surface area contributed by atoms with Gasteiger partial charge in [-0.3, -0.25) is 0 Å². The van der Waals surface area contributed by atoms with E-state index in [0.29, 0.717) is 0 Å². The SMILES string of the molecule is CCCOc1cccc2c1CCNC2. The highest BCUT2D eigenvalue weighted by atomic mass is 16.5.